The van der Waals surface area contributed by atoms with Gasteiger partial charge in [0.2, 0.25) is 5.84 Å². The van der Waals surface area contributed by atoms with Crippen molar-refractivity contribution in [3.63, 3.8) is 0 Å². The summed E-state index contributed by atoms with van der Waals surface area (Å²) in [6.07, 6.45) is 0. The smallest absolute Gasteiger partial charge is 0.201 e. The van der Waals surface area contributed by atoms with E-state index in [0.717, 1.165) is 21.4 Å². The summed E-state index contributed by atoms with van der Waals surface area (Å²) in [5, 5.41) is 13.0. The van der Waals surface area contributed by atoms with Crippen LogP contribution in [-0.2, 0) is 0 Å². The van der Waals surface area contributed by atoms with Crippen LogP contribution < -0.4 is 5.43 Å². The van der Waals surface area contributed by atoms with Crippen LogP contribution in [0.5, 0.6) is 0 Å². The molecule has 0 radical (unpaired) electrons. The van der Waals surface area contributed by atoms with Gasteiger partial charge in [-0.15, -0.1) is 10.2 Å². The van der Waals surface area contributed by atoms with Crippen LogP contribution in [0.25, 0.3) is 0 Å². The first-order valence-electron chi connectivity index (χ1n) is 7.43. The Hall–Kier alpha value is -2.79. The number of nitrogens with zero attached hydrogens (tertiary/aromatic N) is 3. The quantitative estimate of drug-likeness (QED) is 0.257. The van der Waals surface area contributed by atoms with E-state index in [9.17, 15) is 0 Å². The first kappa shape index (κ1) is 16.1. The minimum absolute atomic E-state index is 0.513. The molecule has 0 aromatic heterocycles. The summed E-state index contributed by atoms with van der Waals surface area (Å²) < 4.78 is 0.981. The lowest BCUT2D eigenvalue weighted by Crippen LogP contribution is -2.01. The number of anilines is 1. The van der Waals surface area contributed by atoms with Gasteiger partial charge in [-0.3, -0.25) is 5.43 Å². The molecular formula is C19H15BrN4. The number of rotatable bonds is 4. The average Bonchev–Trinajstić information content (AvgIpc) is 2.63. The molecule has 3 rings (SSSR count). The van der Waals surface area contributed by atoms with E-state index < -0.39 is 0 Å². The fourth-order valence-corrected chi connectivity index (χ4v) is 2.41. The van der Waals surface area contributed by atoms with Crippen molar-refractivity contribution in [2.45, 2.75) is 0 Å². The summed E-state index contributed by atoms with van der Waals surface area (Å²) in [5.41, 5.74) is 5.56. The first-order valence-corrected chi connectivity index (χ1v) is 8.22. The van der Waals surface area contributed by atoms with Gasteiger partial charge in [-0.05, 0) is 30.3 Å². The summed E-state index contributed by atoms with van der Waals surface area (Å²) in [5.74, 6) is 0.513. The van der Waals surface area contributed by atoms with Gasteiger partial charge in [0.15, 0.2) is 0 Å². The molecule has 118 valence electrons. The normalized spacial score (nSPS) is 11.6. The van der Waals surface area contributed by atoms with E-state index in [4.69, 9.17) is 0 Å². The maximum atomic E-state index is 4.41. The van der Waals surface area contributed by atoms with Gasteiger partial charge in [-0.2, -0.15) is 5.10 Å². The zero-order chi connectivity index (χ0) is 16.6. The van der Waals surface area contributed by atoms with E-state index in [1.54, 1.807) is 0 Å². The molecule has 0 saturated carbocycles. The number of amidine groups is 1. The fraction of sp³-hybridized carbons (Fsp3) is 0. The maximum absolute atomic E-state index is 4.41. The lowest BCUT2D eigenvalue weighted by molar-refractivity contribution is 1.22. The molecular weight excluding hydrogens is 364 g/mol. The van der Waals surface area contributed by atoms with Crippen LogP contribution in [0.1, 0.15) is 5.56 Å². The molecule has 0 amide bonds. The van der Waals surface area contributed by atoms with E-state index in [0.29, 0.717) is 5.84 Å². The largest absolute Gasteiger partial charge is 0.276 e. The third kappa shape index (κ3) is 4.60. The standard InChI is InChI=1S/C19H15BrN4/c20-16-10-7-13-18(14-16)22-24-19(15-8-3-1-4-9-15)23-21-17-11-5-2-6-12-17/h1-14,22H/b23-21?,24-19+. The molecule has 5 heteroatoms. The van der Waals surface area contributed by atoms with Gasteiger partial charge in [-0.1, -0.05) is 70.5 Å². The molecule has 0 unspecified atom stereocenters. The van der Waals surface area contributed by atoms with Crippen molar-refractivity contribution in [1.29, 1.82) is 0 Å². The van der Waals surface area contributed by atoms with Crippen LogP contribution in [0.2, 0.25) is 0 Å². The molecule has 4 nitrogen and oxygen atoms in total. The second kappa shape index (κ2) is 8.17. The van der Waals surface area contributed by atoms with E-state index in [1.165, 1.54) is 0 Å². The molecule has 1 N–H and O–H groups in total. The lowest BCUT2D eigenvalue weighted by atomic mass is 10.2. The van der Waals surface area contributed by atoms with Crippen LogP contribution in [0, 0.1) is 0 Å². The van der Waals surface area contributed by atoms with Crippen molar-refractivity contribution in [3.05, 3.63) is 95.0 Å². The number of hydrazone groups is 1. The molecule has 0 aliphatic heterocycles. The highest BCUT2D eigenvalue weighted by molar-refractivity contribution is 9.10. The Morgan fingerprint density at radius 3 is 2.21 bits per heavy atom. The van der Waals surface area contributed by atoms with Crippen LogP contribution >= 0.6 is 15.9 Å². The number of azo groups is 1. The highest BCUT2D eigenvalue weighted by Gasteiger charge is 2.02. The SMILES string of the molecule is Brc1cccc(N/N=C(/N=Nc2ccccc2)c2ccccc2)c1. The number of hydrogen-bond donors (Lipinski definition) is 1. The van der Waals surface area contributed by atoms with Crippen LogP contribution in [-0.4, -0.2) is 5.84 Å². The number of halogens is 1. The molecule has 0 bridgehead atoms. The van der Waals surface area contributed by atoms with Gasteiger partial charge in [0.25, 0.3) is 0 Å². The van der Waals surface area contributed by atoms with Crippen LogP contribution in [0.15, 0.2) is 105 Å². The zero-order valence-electron chi connectivity index (χ0n) is 12.8. The predicted octanol–water partition coefficient (Wildman–Crippen LogP) is 6.01. The minimum atomic E-state index is 0.513. The van der Waals surface area contributed by atoms with Crippen molar-refractivity contribution in [2.75, 3.05) is 5.43 Å². The summed E-state index contributed by atoms with van der Waals surface area (Å²) in [6, 6.07) is 27.1. The number of nitrogens with one attached hydrogen (secondary N) is 1. The van der Waals surface area contributed by atoms with Crippen molar-refractivity contribution >= 4 is 33.1 Å². The third-order valence-corrected chi connectivity index (χ3v) is 3.66. The van der Waals surface area contributed by atoms with Crippen molar-refractivity contribution in [2.24, 2.45) is 15.3 Å². The number of benzene rings is 3. The second-order valence-electron chi connectivity index (χ2n) is 4.96. The Kier molecular flexibility index (Phi) is 5.48. The third-order valence-electron chi connectivity index (χ3n) is 3.16. The monoisotopic (exact) mass is 378 g/mol. The Morgan fingerprint density at radius 2 is 1.50 bits per heavy atom. The molecule has 3 aromatic carbocycles. The molecule has 24 heavy (non-hydrogen) atoms. The van der Waals surface area contributed by atoms with E-state index in [-0.39, 0.29) is 0 Å². The summed E-state index contributed by atoms with van der Waals surface area (Å²) in [7, 11) is 0. The molecule has 0 aliphatic rings. The van der Waals surface area contributed by atoms with Crippen molar-refractivity contribution in [1.82, 2.24) is 0 Å². The Morgan fingerprint density at radius 1 is 0.792 bits per heavy atom. The topological polar surface area (TPSA) is 49.1 Å². The van der Waals surface area contributed by atoms with E-state index in [1.807, 2.05) is 84.9 Å². The molecule has 0 heterocycles. The highest BCUT2D eigenvalue weighted by atomic mass is 79.9. The van der Waals surface area contributed by atoms with Gasteiger partial charge in [0.1, 0.15) is 0 Å². The van der Waals surface area contributed by atoms with E-state index in [2.05, 4.69) is 36.7 Å². The molecule has 0 spiro atoms. The number of hydrogen-bond acceptors (Lipinski definition) is 3. The van der Waals surface area contributed by atoms with Crippen LogP contribution in [0.4, 0.5) is 11.4 Å². The fourth-order valence-electron chi connectivity index (χ4n) is 2.01. The van der Waals surface area contributed by atoms with Gasteiger partial charge < -0.3 is 0 Å². The molecule has 0 saturated heterocycles. The first-order chi connectivity index (χ1) is 11.8. The molecule has 0 atom stereocenters. The van der Waals surface area contributed by atoms with Gasteiger partial charge in [0, 0.05) is 10.0 Å². The summed E-state index contributed by atoms with van der Waals surface area (Å²) in [4.78, 5) is 0. The zero-order valence-corrected chi connectivity index (χ0v) is 14.4. The van der Waals surface area contributed by atoms with Crippen molar-refractivity contribution in [3.8, 4) is 0 Å². The molecule has 0 aliphatic carbocycles. The maximum Gasteiger partial charge on any atom is 0.201 e. The predicted molar refractivity (Wildman–Crippen MR) is 102 cm³/mol. The Labute approximate surface area is 149 Å². The highest BCUT2D eigenvalue weighted by Crippen LogP contribution is 2.16. The molecule has 0 fully saturated rings. The van der Waals surface area contributed by atoms with Gasteiger partial charge >= 0.3 is 0 Å². The Balaban J connectivity index is 1.87. The summed E-state index contributed by atoms with van der Waals surface area (Å²) in [6.45, 7) is 0. The summed E-state index contributed by atoms with van der Waals surface area (Å²) >= 11 is 3.44. The average molecular weight is 379 g/mol. The second-order valence-corrected chi connectivity index (χ2v) is 5.87. The lowest BCUT2D eigenvalue weighted by Gasteiger charge is -2.04. The van der Waals surface area contributed by atoms with Crippen molar-refractivity contribution < 1.29 is 0 Å². The van der Waals surface area contributed by atoms with Gasteiger partial charge in [0.05, 0.1) is 11.4 Å². The van der Waals surface area contributed by atoms with Gasteiger partial charge in [-0.25, -0.2) is 0 Å². The van der Waals surface area contributed by atoms with E-state index >= 15 is 0 Å². The molecule has 3 aromatic rings. The van der Waals surface area contributed by atoms with Crippen LogP contribution in [0.3, 0.4) is 0 Å². The minimum Gasteiger partial charge on any atom is -0.276 e. The Bertz CT molecular complexity index is 846.